The Morgan fingerprint density at radius 1 is 1.38 bits per heavy atom. The van der Waals surface area contributed by atoms with Crippen molar-refractivity contribution >= 4 is 27.5 Å². The smallest absolute Gasteiger partial charge is 0.138 e. The first-order chi connectivity index (χ1) is 10.2. The standard InChI is InChI=1S/C15H20BrClN4/c1-3-7-18-14(9-15-19-10-20-21(15)4-2)12-8-11(17)5-6-13(12)16/h5-6,8,10,14,18H,3-4,7,9H2,1-2H3. The minimum Gasteiger partial charge on any atom is -0.310 e. The average Bonchev–Trinajstić information content (AvgIpc) is 2.93. The summed E-state index contributed by atoms with van der Waals surface area (Å²) >= 11 is 9.77. The second-order valence-electron chi connectivity index (χ2n) is 4.87. The molecule has 0 aliphatic heterocycles. The van der Waals surface area contributed by atoms with E-state index >= 15 is 0 Å². The van der Waals surface area contributed by atoms with E-state index in [2.05, 4.69) is 45.2 Å². The molecule has 0 radical (unpaired) electrons. The van der Waals surface area contributed by atoms with Gasteiger partial charge in [0.05, 0.1) is 0 Å². The minimum atomic E-state index is 0.160. The van der Waals surface area contributed by atoms with Crippen LogP contribution in [0.3, 0.4) is 0 Å². The predicted octanol–water partition coefficient (Wildman–Crippen LogP) is 4.00. The normalized spacial score (nSPS) is 12.6. The molecule has 6 heteroatoms. The van der Waals surface area contributed by atoms with Gasteiger partial charge in [-0.2, -0.15) is 5.10 Å². The van der Waals surface area contributed by atoms with Crippen LogP contribution in [-0.4, -0.2) is 21.3 Å². The summed E-state index contributed by atoms with van der Waals surface area (Å²) in [5.74, 6) is 0.984. The molecule has 4 nitrogen and oxygen atoms in total. The maximum absolute atomic E-state index is 6.15. The Morgan fingerprint density at radius 3 is 2.90 bits per heavy atom. The monoisotopic (exact) mass is 370 g/mol. The molecular formula is C15H20BrClN4. The van der Waals surface area contributed by atoms with Gasteiger partial charge in [-0.15, -0.1) is 0 Å². The molecular weight excluding hydrogens is 352 g/mol. The molecule has 0 saturated heterocycles. The van der Waals surface area contributed by atoms with Gasteiger partial charge in [-0.05, 0) is 43.7 Å². The highest BCUT2D eigenvalue weighted by Crippen LogP contribution is 2.28. The Hall–Kier alpha value is -0.910. The van der Waals surface area contributed by atoms with Gasteiger partial charge in [0.25, 0.3) is 0 Å². The lowest BCUT2D eigenvalue weighted by Gasteiger charge is -2.20. The Kier molecular flexibility index (Phi) is 6.21. The lowest BCUT2D eigenvalue weighted by molar-refractivity contribution is 0.495. The van der Waals surface area contributed by atoms with Crippen LogP contribution in [0.5, 0.6) is 0 Å². The van der Waals surface area contributed by atoms with E-state index in [0.29, 0.717) is 0 Å². The molecule has 1 aromatic carbocycles. The summed E-state index contributed by atoms with van der Waals surface area (Å²) in [6, 6.07) is 6.04. The lowest BCUT2D eigenvalue weighted by Crippen LogP contribution is -2.26. The zero-order valence-corrected chi connectivity index (χ0v) is 14.7. The van der Waals surface area contributed by atoms with Gasteiger partial charge in [-0.1, -0.05) is 34.5 Å². The van der Waals surface area contributed by atoms with Crippen molar-refractivity contribution in [1.82, 2.24) is 20.1 Å². The van der Waals surface area contributed by atoms with Crippen molar-refractivity contribution in [2.75, 3.05) is 6.54 Å². The van der Waals surface area contributed by atoms with Gasteiger partial charge in [0.15, 0.2) is 0 Å². The summed E-state index contributed by atoms with van der Waals surface area (Å²) in [7, 11) is 0. The second-order valence-corrected chi connectivity index (χ2v) is 6.16. The maximum Gasteiger partial charge on any atom is 0.138 e. The molecule has 2 rings (SSSR count). The van der Waals surface area contributed by atoms with Crippen LogP contribution in [0.15, 0.2) is 29.0 Å². The lowest BCUT2D eigenvalue weighted by atomic mass is 10.0. The third-order valence-electron chi connectivity index (χ3n) is 3.36. The highest BCUT2D eigenvalue weighted by atomic mass is 79.9. The van der Waals surface area contributed by atoms with Crippen molar-refractivity contribution in [3.63, 3.8) is 0 Å². The predicted molar refractivity (Wildman–Crippen MR) is 89.6 cm³/mol. The van der Waals surface area contributed by atoms with E-state index in [1.165, 1.54) is 0 Å². The minimum absolute atomic E-state index is 0.160. The van der Waals surface area contributed by atoms with Crippen LogP contribution in [0.2, 0.25) is 5.02 Å². The summed E-state index contributed by atoms with van der Waals surface area (Å²) in [5.41, 5.74) is 1.15. The third-order valence-corrected chi connectivity index (χ3v) is 4.31. The largest absolute Gasteiger partial charge is 0.310 e. The van der Waals surface area contributed by atoms with Crippen LogP contribution in [0.4, 0.5) is 0 Å². The van der Waals surface area contributed by atoms with Gasteiger partial charge < -0.3 is 5.32 Å². The fourth-order valence-electron chi connectivity index (χ4n) is 2.29. The van der Waals surface area contributed by atoms with E-state index in [0.717, 1.165) is 46.8 Å². The van der Waals surface area contributed by atoms with Gasteiger partial charge in [0, 0.05) is 28.5 Å². The summed E-state index contributed by atoms with van der Waals surface area (Å²) in [6.45, 7) is 6.00. The average molecular weight is 372 g/mol. The fraction of sp³-hybridized carbons (Fsp3) is 0.467. The zero-order valence-electron chi connectivity index (χ0n) is 12.3. The third kappa shape index (κ3) is 4.28. The number of hydrogen-bond donors (Lipinski definition) is 1. The topological polar surface area (TPSA) is 42.7 Å². The summed E-state index contributed by atoms with van der Waals surface area (Å²) in [4.78, 5) is 4.38. The van der Waals surface area contributed by atoms with Crippen molar-refractivity contribution in [3.05, 3.63) is 45.4 Å². The van der Waals surface area contributed by atoms with Crippen LogP contribution in [0, 0.1) is 0 Å². The molecule has 0 fully saturated rings. The number of rotatable bonds is 7. The van der Waals surface area contributed by atoms with E-state index in [4.69, 9.17) is 11.6 Å². The summed E-state index contributed by atoms with van der Waals surface area (Å²) in [5, 5.41) is 8.56. The van der Waals surface area contributed by atoms with Gasteiger partial charge >= 0.3 is 0 Å². The van der Waals surface area contributed by atoms with Crippen molar-refractivity contribution in [2.45, 2.75) is 39.3 Å². The molecule has 1 N–H and O–H groups in total. The summed E-state index contributed by atoms with van der Waals surface area (Å²) < 4.78 is 2.99. The van der Waals surface area contributed by atoms with Crippen LogP contribution >= 0.6 is 27.5 Å². The highest BCUT2D eigenvalue weighted by Gasteiger charge is 2.18. The van der Waals surface area contributed by atoms with Crippen molar-refractivity contribution in [2.24, 2.45) is 0 Å². The van der Waals surface area contributed by atoms with Crippen LogP contribution in [0.25, 0.3) is 0 Å². The van der Waals surface area contributed by atoms with Crippen molar-refractivity contribution in [1.29, 1.82) is 0 Å². The SMILES string of the molecule is CCCNC(Cc1ncnn1CC)c1cc(Cl)ccc1Br. The molecule has 0 amide bonds. The molecule has 1 unspecified atom stereocenters. The molecule has 1 atom stereocenters. The van der Waals surface area contributed by atoms with E-state index in [9.17, 15) is 0 Å². The van der Waals surface area contributed by atoms with E-state index in [1.807, 2.05) is 22.9 Å². The Labute approximate surface area is 139 Å². The molecule has 1 aromatic heterocycles. The molecule has 21 heavy (non-hydrogen) atoms. The van der Waals surface area contributed by atoms with Crippen LogP contribution in [0.1, 0.15) is 37.7 Å². The molecule has 0 spiro atoms. The molecule has 0 aliphatic rings. The van der Waals surface area contributed by atoms with Crippen LogP contribution in [-0.2, 0) is 13.0 Å². The Bertz CT molecular complexity index is 585. The van der Waals surface area contributed by atoms with E-state index in [-0.39, 0.29) is 6.04 Å². The van der Waals surface area contributed by atoms with Gasteiger partial charge in [-0.25, -0.2) is 4.98 Å². The number of nitrogens with zero attached hydrogens (tertiary/aromatic N) is 3. The highest BCUT2D eigenvalue weighted by molar-refractivity contribution is 9.10. The first kappa shape index (κ1) is 16.5. The zero-order chi connectivity index (χ0) is 15.2. The van der Waals surface area contributed by atoms with E-state index < -0.39 is 0 Å². The quantitative estimate of drug-likeness (QED) is 0.800. The summed E-state index contributed by atoms with van der Waals surface area (Å²) in [6.07, 6.45) is 3.48. The molecule has 1 heterocycles. The number of aromatic nitrogens is 3. The van der Waals surface area contributed by atoms with E-state index in [1.54, 1.807) is 6.33 Å². The first-order valence-corrected chi connectivity index (χ1v) is 8.37. The van der Waals surface area contributed by atoms with Gasteiger partial charge in [-0.3, -0.25) is 4.68 Å². The Balaban J connectivity index is 2.27. The van der Waals surface area contributed by atoms with Crippen molar-refractivity contribution < 1.29 is 0 Å². The number of aryl methyl sites for hydroxylation is 1. The molecule has 0 saturated carbocycles. The molecule has 0 bridgehead atoms. The number of benzene rings is 1. The first-order valence-electron chi connectivity index (χ1n) is 7.20. The molecule has 2 aromatic rings. The van der Waals surface area contributed by atoms with Crippen molar-refractivity contribution in [3.8, 4) is 0 Å². The molecule has 114 valence electrons. The van der Waals surface area contributed by atoms with Crippen LogP contribution < -0.4 is 5.32 Å². The van der Waals surface area contributed by atoms with Gasteiger partial charge in [0.2, 0.25) is 0 Å². The number of hydrogen-bond acceptors (Lipinski definition) is 3. The molecule has 0 aliphatic carbocycles. The van der Waals surface area contributed by atoms with Gasteiger partial charge in [0.1, 0.15) is 12.2 Å². The Morgan fingerprint density at radius 2 is 2.19 bits per heavy atom. The maximum atomic E-state index is 6.15. The number of nitrogens with one attached hydrogen (secondary N) is 1. The number of halogens is 2. The second kappa shape index (κ2) is 7.92. The fourth-order valence-corrected chi connectivity index (χ4v) is 2.99.